The Morgan fingerprint density at radius 3 is 2.40 bits per heavy atom. The zero-order valence-corrected chi connectivity index (χ0v) is 23.7. The number of rotatable bonds is 7. The van der Waals surface area contributed by atoms with Gasteiger partial charge in [-0.15, -0.1) is 0 Å². The fraction of sp³-hybridized carbons (Fsp3) is 0.387. The summed E-state index contributed by atoms with van der Waals surface area (Å²) in [5.41, 5.74) is 2.77. The number of amides is 1. The lowest BCUT2D eigenvalue weighted by Crippen LogP contribution is -2.43. The molecule has 0 aliphatic carbocycles. The third-order valence-corrected chi connectivity index (χ3v) is 8.92. The lowest BCUT2D eigenvalue weighted by Gasteiger charge is -2.40. The van der Waals surface area contributed by atoms with E-state index in [9.17, 15) is 18.0 Å². The van der Waals surface area contributed by atoms with Crippen molar-refractivity contribution in [3.63, 3.8) is 0 Å². The van der Waals surface area contributed by atoms with E-state index in [0.717, 1.165) is 56.6 Å². The molecule has 0 aromatic heterocycles. The summed E-state index contributed by atoms with van der Waals surface area (Å²) in [4.78, 5) is 17.1. The van der Waals surface area contributed by atoms with Gasteiger partial charge in [0.15, 0.2) is 0 Å². The van der Waals surface area contributed by atoms with Gasteiger partial charge < -0.3 is 14.5 Å². The predicted molar refractivity (Wildman–Crippen MR) is 151 cm³/mol. The molecule has 4 nitrogen and oxygen atoms in total. The molecule has 2 heterocycles. The van der Waals surface area contributed by atoms with Crippen molar-refractivity contribution in [2.45, 2.75) is 43.6 Å². The number of fused-ring (bicyclic) bond motifs is 2. The van der Waals surface area contributed by atoms with Crippen molar-refractivity contribution in [3.8, 4) is 0 Å². The second-order valence-corrected chi connectivity index (χ2v) is 11.5. The average molecular weight is 592 g/mol. The van der Waals surface area contributed by atoms with Crippen LogP contribution in [0, 0.1) is 0 Å². The van der Waals surface area contributed by atoms with Gasteiger partial charge in [0.05, 0.1) is 27.8 Å². The van der Waals surface area contributed by atoms with Crippen LogP contribution in [0.5, 0.6) is 0 Å². The maximum Gasteiger partial charge on any atom is 0.416 e. The average Bonchev–Trinajstić information content (AvgIpc) is 3.30. The molecular weight excluding hydrogens is 560 g/mol. The summed E-state index contributed by atoms with van der Waals surface area (Å²) in [5, 5.41) is 0.898. The van der Waals surface area contributed by atoms with Crippen LogP contribution in [0.25, 0.3) is 0 Å². The Hall–Kier alpha value is -2.58. The maximum absolute atomic E-state index is 13.1. The van der Waals surface area contributed by atoms with Crippen LogP contribution in [-0.2, 0) is 23.1 Å². The van der Waals surface area contributed by atoms with E-state index in [4.69, 9.17) is 27.9 Å². The van der Waals surface area contributed by atoms with Crippen molar-refractivity contribution in [3.05, 3.63) is 105 Å². The molecule has 9 heteroatoms. The zero-order valence-electron chi connectivity index (χ0n) is 22.2. The number of hydrogen-bond acceptors (Lipinski definition) is 3. The van der Waals surface area contributed by atoms with Gasteiger partial charge in [-0.25, -0.2) is 0 Å². The number of nitrogens with zero attached hydrogens (tertiary/aromatic N) is 2. The molecule has 3 aromatic carbocycles. The summed E-state index contributed by atoms with van der Waals surface area (Å²) in [6.45, 7) is 3.68. The van der Waals surface area contributed by atoms with Crippen LogP contribution in [0.3, 0.4) is 0 Å². The minimum absolute atomic E-state index is 0.0440. The van der Waals surface area contributed by atoms with Gasteiger partial charge in [0.1, 0.15) is 0 Å². The van der Waals surface area contributed by atoms with Gasteiger partial charge in [-0.2, -0.15) is 13.2 Å². The fourth-order valence-electron chi connectivity index (χ4n) is 5.84. The number of likely N-dealkylation sites (tertiary alicyclic amines) is 1. The van der Waals surface area contributed by atoms with Crippen LogP contribution in [0.4, 0.5) is 13.2 Å². The fourth-order valence-corrected chi connectivity index (χ4v) is 6.15. The first-order chi connectivity index (χ1) is 19.1. The minimum atomic E-state index is -4.45. The van der Waals surface area contributed by atoms with Crippen LogP contribution in [-0.4, -0.2) is 48.9 Å². The molecule has 2 aliphatic rings. The molecular formula is C31H31Cl2F3N2O2. The summed E-state index contributed by atoms with van der Waals surface area (Å²) in [6.07, 6.45) is -1.83. The van der Waals surface area contributed by atoms with Crippen molar-refractivity contribution in [2.75, 3.05) is 33.2 Å². The summed E-state index contributed by atoms with van der Waals surface area (Å²) < 4.78 is 45.2. The molecule has 40 heavy (non-hydrogen) atoms. The molecule has 3 aromatic rings. The number of hydrogen-bond donors (Lipinski definition) is 0. The third-order valence-electron chi connectivity index (χ3n) is 8.18. The molecule has 1 saturated heterocycles. The number of carbonyl (C=O) groups excluding carboxylic acids is 1. The number of likely N-dealkylation sites (N-methyl/N-ethyl adjacent to an activating group) is 1. The molecule has 1 fully saturated rings. The summed E-state index contributed by atoms with van der Waals surface area (Å²) in [7, 11) is 1.67. The molecule has 1 amide bonds. The Kier molecular flexibility index (Phi) is 8.48. The van der Waals surface area contributed by atoms with E-state index in [0.29, 0.717) is 23.2 Å². The second-order valence-electron chi connectivity index (χ2n) is 10.7. The van der Waals surface area contributed by atoms with Crippen molar-refractivity contribution in [2.24, 2.45) is 0 Å². The molecule has 0 bridgehead atoms. The summed E-state index contributed by atoms with van der Waals surface area (Å²) >= 11 is 12.5. The Bertz CT molecular complexity index is 1360. The van der Waals surface area contributed by atoms with Gasteiger partial charge in [-0.1, -0.05) is 53.5 Å². The van der Waals surface area contributed by atoms with E-state index in [1.165, 1.54) is 23.3 Å². The van der Waals surface area contributed by atoms with Crippen LogP contribution in [0.2, 0.25) is 10.0 Å². The highest BCUT2D eigenvalue weighted by molar-refractivity contribution is 6.42. The van der Waals surface area contributed by atoms with Gasteiger partial charge in [0, 0.05) is 38.2 Å². The molecule has 5 rings (SSSR count). The highest BCUT2D eigenvalue weighted by Gasteiger charge is 2.42. The van der Waals surface area contributed by atoms with Crippen molar-refractivity contribution in [1.29, 1.82) is 0 Å². The van der Waals surface area contributed by atoms with Crippen LogP contribution >= 0.6 is 23.2 Å². The van der Waals surface area contributed by atoms with Crippen LogP contribution in [0.15, 0.2) is 66.7 Å². The molecule has 212 valence electrons. The van der Waals surface area contributed by atoms with Gasteiger partial charge >= 0.3 is 6.18 Å². The largest absolute Gasteiger partial charge is 0.416 e. The van der Waals surface area contributed by atoms with Crippen molar-refractivity contribution >= 4 is 29.1 Å². The van der Waals surface area contributed by atoms with E-state index in [2.05, 4.69) is 29.2 Å². The monoisotopic (exact) mass is 590 g/mol. The minimum Gasteiger partial charge on any atom is -0.365 e. The van der Waals surface area contributed by atoms with E-state index >= 15 is 0 Å². The molecule has 0 N–H and O–H groups in total. The van der Waals surface area contributed by atoms with Crippen molar-refractivity contribution < 1.29 is 22.7 Å². The predicted octanol–water partition coefficient (Wildman–Crippen LogP) is 7.78. The topological polar surface area (TPSA) is 32.8 Å². The molecule has 2 aliphatic heterocycles. The SMILES string of the molecule is CN(CC(CCN1CCC2(CC1)OCc1ccccc12)c1ccc(Cl)c(Cl)c1)C(=O)c1ccc(C(F)(F)F)cc1. The van der Waals surface area contributed by atoms with Crippen LogP contribution in [0.1, 0.15) is 57.8 Å². The zero-order chi connectivity index (χ0) is 28.5. The lowest BCUT2D eigenvalue weighted by atomic mass is 9.83. The molecule has 1 spiro atoms. The Morgan fingerprint density at radius 1 is 1.02 bits per heavy atom. The Balaban J connectivity index is 1.25. The van der Waals surface area contributed by atoms with E-state index in [-0.39, 0.29) is 23.0 Å². The first-order valence-electron chi connectivity index (χ1n) is 13.4. The summed E-state index contributed by atoms with van der Waals surface area (Å²) in [5.74, 6) is -0.381. The Morgan fingerprint density at radius 2 is 1.73 bits per heavy atom. The lowest BCUT2D eigenvalue weighted by molar-refractivity contribution is -0.137. The van der Waals surface area contributed by atoms with Gasteiger partial charge in [0.25, 0.3) is 5.91 Å². The number of piperidine rings is 1. The van der Waals surface area contributed by atoms with E-state index in [1.807, 2.05) is 12.1 Å². The molecule has 1 unspecified atom stereocenters. The van der Waals surface area contributed by atoms with E-state index in [1.54, 1.807) is 18.0 Å². The third kappa shape index (κ3) is 6.18. The van der Waals surface area contributed by atoms with Gasteiger partial charge in [0.2, 0.25) is 0 Å². The number of benzene rings is 3. The van der Waals surface area contributed by atoms with Crippen LogP contribution < -0.4 is 0 Å². The number of carbonyl (C=O) groups is 1. The quantitative estimate of drug-likeness (QED) is 0.281. The van der Waals surface area contributed by atoms with Gasteiger partial charge in [-0.05, 0) is 78.9 Å². The first kappa shape index (κ1) is 28.9. The normalized spacial score (nSPS) is 17.6. The smallest absolute Gasteiger partial charge is 0.365 e. The number of halogens is 5. The standard InChI is InChI=1S/C31H31Cl2F3N2O2/c1-37(29(39)21-6-9-25(10-7-21)31(34,35)36)19-23(22-8-11-27(32)28(33)18-22)12-15-38-16-13-30(14-17-38)26-5-3-2-4-24(26)20-40-30/h2-11,18,23H,12-17,19-20H2,1H3. The number of ether oxygens (including phenoxy) is 1. The molecule has 0 saturated carbocycles. The van der Waals surface area contributed by atoms with E-state index < -0.39 is 11.7 Å². The Labute approximate surface area is 242 Å². The number of alkyl halides is 3. The highest BCUT2D eigenvalue weighted by atomic mass is 35.5. The summed E-state index contributed by atoms with van der Waals surface area (Å²) in [6, 6.07) is 18.3. The molecule has 1 atom stereocenters. The van der Waals surface area contributed by atoms with Gasteiger partial charge in [-0.3, -0.25) is 4.79 Å². The maximum atomic E-state index is 13.1. The second kappa shape index (κ2) is 11.7. The highest BCUT2D eigenvalue weighted by Crippen LogP contribution is 2.44. The first-order valence-corrected chi connectivity index (χ1v) is 14.1. The molecule has 0 radical (unpaired) electrons. The van der Waals surface area contributed by atoms with Crippen molar-refractivity contribution in [1.82, 2.24) is 9.80 Å².